The topological polar surface area (TPSA) is 58.4 Å². The van der Waals surface area contributed by atoms with Crippen molar-refractivity contribution in [3.63, 3.8) is 0 Å². The lowest BCUT2D eigenvalue weighted by Gasteiger charge is -2.35. The molecule has 0 saturated carbocycles. The number of carbonyl (C=O) groups excluding carboxylic acids is 1. The zero-order chi connectivity index (χ0) is 14.6. The van der Waals surface area contributed by atoms with Crippen LogP contribution in [-0.4, -0.2) is 23.9 Å². The molecule has 0 bridgehead atoms. The number of nitrogens with two attached hydrogens (primary N) is 1. The number of hydrazine groups is 1. The van der Waals surface area contributed by atoms with E-state index in [1.54, 1.807) is 12.1 Å². The second-order valence-corrected chi connectivity index (χ2v) is 6.13. The fraction of sp³-hybridized carbons (Fsp3) is 0.533. The van der Waals surface area contributed by atoms with Gasteiger partial charge in [-0.2, -0.15) is 0 Å². The number of nitrogens with one attached hydrogen (secondary N) is 1. The average Bonchev–Trinajstić information content (AvgIpc) is 2.36. The van der Waals surface area contributed by atoms with Crippen molar-refractivity contribution >= 4 is 5.91 Å². The number of hydrogen-bond donors (Lipinski definition) is 2. The van der Waals surface area contributed by atoms with Crippen molar-refractivity contribution in [1.29, 1.82) is 0 Å². The van der Waals surface area contributed by atoms with Crippen LogP contribution in [0, 0.1) is 5.41 Å². The van der Waals surface area contributed by atoms with Gasteiger partial charge in [0.05, 0.1) is 0 Å². The first-order valence-corrected chi connectivity index (χ1v) is 6.56. The second-order valence-electron chi connectivity index (χ2n) is 6.13. The summed E-state index contributed by atoms with van der Waals surface area (Å²) in [6, 6.07) is 8.01. The van der Waals surface area contributed by atoms with Crippen molar-refractivity contribution in [3.05, 3.63) is 35.4 Å². The maximum absolute atomic E-state index is 11.3. The largest absolute Gasteiger partial charge is 0.299 e. The molecule has 0 saturated heterocycles. The van der Waals surface area contributed by atoms with E-state index in [1.807, 2.05) is 12.1 Å². The Labute approximate surface area is 115 Å². The summed E-state index contributed by atoms with van der Waals surface area (Å²) in [4.78, 5) is 13.7. The lowest BCUT2D eigenvalue weighted by Crippen LogP contribution is -2.38. The lowest BCUT2D eigenvalue weighted by atomic mass is 9.87. The lowest BCUT2D eigenvalue weighted by molar-refractivity contribution is 0.0953. The Kier molecular flexibility index (Phi) is 5.09. The van der Waals surface area contributed by atoms with Gasteiger partial charge in [-0.1, -0.05) is 32.9 Å². The molecule has 0 spiro atoms. The highest BCUT2D eigenvalue weighted by Gasteiger charge is 2.23. The van der Waals surface area contributed by atoms with Crippen LogP contribution in [-0.2, 0) is 6.54 Å². The van der Waals surface area contributed by atoms with Crippen LogP contribution in [0.5, 0.6) is 0 Å². The minimum atomic E-state index is -0.261. The summed E-state index contributed by atoms with van der Waals surface area (Å²) in [6.07, 6.45) is 0. The van der Waals surface area contributed by atoms with Gasteiger partial charge in [0.25, 0.3) is 5.91 Å². The highest BCUT2D eigenvalue weighted by molar-refractivity contribution is 5.93. The van der Waals surface area contributed by atoms with E-state index in [4.69, 9.17) is 5.84 Å². The first-order chi connectivity index (χ1) is 8.75. The van der Waals surface area contributed by atoms with Crippen LogP contribution in [0.2, 0.25) is 0 Å². The van der Waals surface area contributed by atoms with Crippen LogP contribution >= 0.6 is 0 Å². The van der Waals surface area contributed by atoms with Crippen LogP contribution in [0.1, 0.15) is 43.6 Å². The third kappa shape index (κ3) is 4.33. The molecule has 19 heavy (non-hydrogen) atoms. The van der Waals surface area contributed by atoms with E-state index in [0.717, 1.165) is 6.54 Å². The first-order valence-electron chi connectivity index (χ1n) is 6.56. The smallest absolute Gasteiger partial charge is 0.265 e. The van der Waals surface area contributed by atoms with Crippen molar-refractivity contribution in [2.24, 2.45) is 11.3 Å². The minimum Gasteiger partial charge on any atom is -0.299 e. The summed E-state index contributed by atoms with van der Waals surface area (Å²) in [5.41, 5.74) is 4.14. The molecule has 0 heterocycles. The maximum Gasteiger partial charge on any atom is 0.265 e. The van der Waals surface area contributed by atoms with Crippen molar-refractivity contribution < 1.29 is 4.79 Å². The van der Waals surface area contributed by atoms with E-state index in [0.29, 0.717) is 11.6 Å². The Bertz CT molecular complexity index is 420. The SMILES string of the molecule is CC(N(C)Cc1ccc(C(=O)NN)cc1)C(C)(C)C. The molecular weight excluding hydrogens is 238 g/mol. The molecule has 1 atom stereocenters. The third-order valence-electron chi connectivity index (χ3n) is 3.69. The van der Waals surface area contributed by atoms with Gasteiger partial charge in [0.1, 0.15) is 0 Å². The standard InChI is InChI=1S/C15H25N3O/c1-11(15(2,3)4)18(5)10-12-6-8-13(9-7-12)14(19)17-16/h6-9,11H,10,16H2,1-5H3,(H,17,19). The molecule has 4 nitrogen and oxygen atoms in total. The average molecular weight is 263 g/mol. The summed E-state index contributed by atoms with van der Waals surface area (Å²) in [5.74, 6) is 4.84. The van der Waals surface area contributed by atoms with E-state index >= 15 is 0 Å². The van der Waals surface area contributed by atoms with Gasteiger partial charge in [-0.3, -0.25) is 15.1 Å². The summed E-state index contributed by atoms with van der Waals surface area (Å²) in [5, 5.41) is 0. The van der Waals surface area contributed by atoms with Crippen LogP contribution in [0.25, 0.3) is 0 Å². The molecule has 0 fully saturated rings. The van der Waals surface area contributed by atoms with Gasteiger partial charge in [-0.25, -0.2) is 5.84 Å². The highest BCUT2D eigenvalue weighted by Crippen LogP contribution is 2.24. The Balaban J connectivity index is 2.70. The van der Waals surface area contributed by atoms with Gasteiger partial charge < -0.3 is 0 Å². The Morgan fingerprint density at radius 3 is 2.26 bits per heavy atom. The Hall–Kier alpha value is -1.39. The molecule has 1 aromatic rings. The molecule has 0 aliphatic carbocycles. The summed E-state index contributed by atoms with van der Waals surface area (Å²) < 4.78 is 0. The fourth-order valence-corrected chi connectivity index (χ4v) is 1.93. The normalized spacial score (nSPS) is 13.4. The van der Waals surface area contributed by atoms with Gasteiger partial charge in [0, 0.05) is 18.2 Å². The fourth-order valence-electron chi connectivity index (χ4n) is 1.93. The molecule has 0 aliphatic heterocycles. The number of carbonyl (C=O) groups is 1. The number of benzene rings is 1. The van der Waals surface area contributed by atoms with Gasteiger partial charge in [0.15, 0.2) is 0 Å². The van der Waals surface area contributed by atoms with Crippen molar-refractivity contribution in [2.45, 2.75) is 40.3 Å². The van der Waals surface area contributed by atoms with E-state index in [9.17, 15) is 4.79 Å². The molecule has 0 aliphatic rings. The minimum absolute atomic E-state index is 0.244. The van der Waals surface area contributed by atoms with Gasteiger partial charge in [-0.05, 0) is 37.1 Å². The Morgan fingerprint density at radius 1 is 1.32 bits per heavy atom. The summed E-state index contributed by atoms with van der Waals surface area (Å²) in [6.45, 7) is 9.81. The van der Waals surface area contributed by atoms with Gasteiger partial charge in [-0.15, -0.1) is 0 Å². The molecule has 4 heteroatoms. The molecule has 1 unspecified atom stereocenters. The quantitative estimate of drug-likeness (QED) is 0.497. The predicted octanol–water partition coefficient (Wildman–Crippen LogP) is 2.16. The van der Waals surface area contributed by atoms with E-state index in [-0.39, 0.29) is 11.3 Å². The summed E-state index contributed by atoms with van der Waals surface area (Å²) >= 11 is 0. The molecular formula is C15H25N3O. The monoisotopic (exact) mass is 263 g/mol. The third-order valence-corrected chi connectivity index (χ3v) is 3.69. The van der Waals surface area contributed by atoms with Gasteiger partial charge >= 0.3 is 0 Å². The zero-order valence-electron chi connectivity index (χ0n) is 12.5. The van der Waals surface area contributed by atoms with Crippen LogP contribution < -0.4 is 11.3 Å². The number of hydrogen-bond acceptors (Lipinski definition) is 3. The number of nitrogens with zero attached hydrogens (tertiary/aromatic N) is 1. The molecule has 0 radical (unpaired) electrons. The molecule has 1 aromatic carbocycles. The summed E-state index contributed by atoms with van der Waals surface area (Å²) in [7, 11) is 2.12. The molecule has 0 aromatic heterocycles. The van der Waals surface area contributed by atoms with Crippen LogP contribution in [0.15, 0.2) is 24.3 Å². The van der Waals surface area contributed by atoms with Crippen molar-refractivity contribution in [3.8, 4) is 0 Å². The van der Waals surface area contributed by atoms with Crippen LogP contribution in [0.3, 0.4) is 0 Å². The zero-order valence-corrected chi connectivity index (χ0v) is 12.5. The first kappa shape index (κ1) is 15.7. The predicted molar refractivity (Wildman–Crippen MR) is 78.5 cm³/mol. The number of rotatable bonds is 4. The molecule has 106 valence electrons. The van der Waals surface area contributed by atoms with Crippen molar-refractivity contribution in [2.75, 3.05) is 7.05 Å². The number of nitrogen functional groups attached to an aromatic ring is 1. The molecule has 3 N–H and O–H groups in total. The van der Waals surface area contributed by atoms with Crippen LogP contribution in [0.4, 0.5) is 0 Å². The van der Waals surface area contributed by atoms with Crippen molar-refractivity contribution in [1.82, 2.24) is 10.3 Å². The van der Waals surface area contributed by atoms with Gasteiger partial charge in [0.2, 0.25) is 0 Å². The molecule has 1 rings (SSSR count). The highest BCUT2D eigenvalue weighted by atomic mass is 16.2. The second kappa shape index (κ2) is 6.17. The Morgan fingerprint density at radius 2 is 1.84 bits per heavy atom. The number of amides is 1. The van der Waals surface area contributed by atoms with E-state index in [2.05, 4.69) is 45.1 Å². The van der Waals surface area contributed by atoms with E-state index in [1.165, 1.54) is 5.56 Å². The maximum atomic E-state index is 11.3. The van der Waals surface area contributed by atoms with E-state index < -0.39 is 0 Å². The molecule has 1 amide bonds.